The molecule has 18 heavy (non-hydrogen) atoms. The Labute approximate surface area is 109 Å². The molecule has 2 N–H and O–H groups in total. The van der Waals surface area contributed by atoms with Crippen molar-refractivity contribution < 1.29 is 9.21 Å². The SMILES string of the molecule is O=C1NCCNC1Cc1nc2cc(Cl)ccc2o1. The molecule has 0 saturated carbocycles. The number of carbonyl (C=O) groups excluding carboxylic acids is 1. The minimum atomic E-state index is -0.276. The van der Waals surface area contributed by atoms with Gasteiger partial charge in [0.15, 0.2) is 11.5 Å². The first kappa shape index (κ1) is 11.5. The smallest absolute Gasteiger partial charge is 0.237 e. The van der Waals surface area contributed by atoms with E-state index in [9.17, 15) is 4.79 Å². The third kappa shape index (κ3) is 2.19. The molecule has 3 rings (SSSR count). The first-order chi connectivity index (χ1) is 8.72. The summed E-state index contributed by atoms with van der Waals surface area (Å²) in [5.74, 6) is 0.531. The predicted molar refractivity (Wildman–Crippen MR) is 67.5 cm³/mol. The van der Waals surface area contributed by atoms with Gasteiger partial charge < -0.3 is 15.1 Å². The Morgan fingerprint density at radius 1 is 1.44 bits per heavy atom. The van der Waals surface area contributed by atoms with Crippen LogP contribution in [0.2, 0.25) is 5.02 Å². The summed E-state index contributed by atoms with van der Waals surface area (Å²) >= 11 is 5.88. The highest BCUT2D eigenvalue weighted by Crippen LogP contribution is 2.20. The Hall–Kier alpha value is -1.59. The Bertz CT molecular complexity index is 596. The number of oxazole rings is 1. The van der Waals surface area contributed by atoms with Gasteiger partial charge in [-0.3, -0.25) is 4.79 Å². The van der Waals surface area contributed by atoms with Crippen LogP contribution in [0.15, 0.2) is 22.6 Å². The lowest BCUT2D eigenvalue weighted by atomic mass is 10.1. The lowest BCUT2D eigenvalue weighted by Gasteiger charge is -2.22. The van der Waals surface area contributed by atoms with Gasteiger partial charge in [-0.05, 0) is 18.2 Å². The average molecular weight is 266 g/mol. The van der Waals surface area contributed by atoms with E-state index in [-0.39, 0.29) is 11.9 Å². The van der Waals surface area contributed by atoms with Crippen LogP contribution in [0.3, 0.4) is 0 Å². The predicted octanol–water partition coefficient (Wildman–Crippen LogP) is 1.11. The zero-order chi connectivity index (χ0) is 12.5. The van der Waals surface area contributed by atoms with Crippen LogP contribution in [0.5, 0.6) is 0 Å². The second kappa shape index (κ2) is 4.59. The van der Waals surface area contributed by atoms with E-state index in [1.807, 2.05) is 0 Å². The number of carbonyl (C=O) groups is 1. The first-order valence-corrected chi connectivity index (χ1v) is 6.16. The maximum Gasteiger partial charge on any atom is 0.237 e. The van der Waals surface area contributed by atoms with Crippen LogP contribution in [0.25, 0.3) is 11.1 Å². The van der Waals surface area contributed by atoms with Crippen LogP contribution >= 0.6 is 11.6 Å². The van der Waals surface area contributed by atoms with Crippen molar-refractivity contribution in [2.45, 2.75) is 12.5 Å². The molecule has 2 heterocycles. The number of piperazine rings is 1. The minimum absolute atomic E-state index is 0.0125. The van der Waals surface area contributed by atoms with Gasteiger partial charge in [0.1, 0.15) is 5.52 Å². The third-order valence-electron chi connectivity index (χ3n) is 2.90. The summed E-state index contributed by atoms with van der Waals surface area (Å²) < 4.78 is 5.58. The molecule has 1 atom stereocenters. The van der Waals surface area contributed by atoms with E-state index >= 15 is 0 Å². The lowest BCUT2D eigenvalue weighted by molar-refractivity contribution is -0.124. The molecule has 1 unspecified atom stereocenters. The van der Waals surface area contributed by atoms with E-state index < -0.39 is 0 Å². The summed E-state index contributed by atoms with van der Waals surface area (Å²) in [7, 11) is 0. The van der Waals surface area contributed by atoms with Crippen LogP contribution in [0.1, 0.15) is 5.89 Å². The van der Waals surface area contributed by atoms with Gasteiger partial charge in [-0.2, -0.15) is 0 Å². The van der Waals surface area contributed by atoms with E-state index in [2.05, 4.69) is 15.6 Å². The fourth-order valence-corrected chi connectivity index (χ4v) is 2.19. The maximum atomic E-state index is 11.6. The Balaban J connectivity index is 1.84. The van der Waals surface area contributed by atoms with Crippen LogP contribution in [0, 0.1) is 0 Å². The molecule has 0 radical (unpaired) electrons. The van der Waals surface area contributed by atoms with Gasteiger partial charge in [-0.1, -0.05) is 11.6 Å². The molecule has 5 nitrogen and oxygen atoms in total. The fraction of sp³-hybridized carbons (Fsp3) is 0.333. The molecule has 1 aliphatic rings. The van der Waals surface area contributed by atoms with Crippen molar-refractivity contribution in [3.63, 3.8) is 0 Å². The third-order valence-corrected chi connectivity index (χ3v) is 3.14. The van der Waals surface area contributed by atoms with E-state index in [0.29, 0.717) is 35.0 Å². The molecule has 1 aliphatic heterocycles. The Morgan fingerprint density at radius 2 is 2.33 bits per heavy atom. The molecule has 0 aliphatic carbocycles. The number of fused-ring (bicyclic) bond motifs is 1. The Morgan fingerprint density at radius 3 is 3.17 bits per heavy atom. The second-order valence-corrected chi connectivity index (χ2v) is 4.66. The van der Waals surface area contributed by atoms with Crippen molar-refractivity contribution in [2.75, 3.05) is 13.1 Å². The first-order valence-electron chi connectivity index (χ1n) is 5.78. The second-order valence-electron chi connectivity index (χ2n) is 4.22. The molecule has 0 spiro atoms. The summed E-state index contributed by atoms with van der Waals surface area (Å²) in [5, 5.41) is 6.56. The zero-order valence-corrected chi connectivity index (χ0v) is 10.3. The van der Waals surface area contributed by atoms with Gasteiger partial charge in [0.05, 0.1) is 6.04 Å². The number of halogens is 1. The summed E-state index contributed by atoms with van der Waals surface area (Å²) in [6.45, 7) is 1.43. The summed E-state index contributed by atoms with van der Waals surface area (Å²) in [4.78, 5) is 15.9. The monoisotopic (exact) mass is 265 g/mol. The highest BCUT2D eigenvalue weighted by atomic mass is 35.5. The number of amides is 1. The van der Waals surface area contributed by atoms with Crippen molar-refractivity contribution in [2.24, 2.45) is 0 Å². The Kier molecular flexibility index (Phi) is 2.93. The van der Waals surface area contributed by atoms with Gasteiger partial charge in [-0.15, -0.1) is 0 Å². The van der Waals surface area contributed by atoms with Crippen LogP contribution in [-0.4, -0.2) is 30.0 Å². The van der Waals surface area contributed by atoms with Crippen molar-refractivity contribution in [1.29, 1.82) is 0 Å². The molecule has 1 saturated heterocycles. The van der Waals surface area contributed by atoms with Crippen molar-refractivity contribution in [1.82, 2.24) is 15.6 Å². The summed E-state index contributed by atoms with van der Waals surface area (Å²) in [6, 6.07) is 5.01. The van der Waals surface area contributed by atoms with Crippen molar-refractivity contribution in [3.05, 3.63) is 29.1 Å². The molecular formula is C12H12ClN3O2. The van der Waals surface area contributed by atoms with Gasteiger partial charge in [-0.25, -0.2) is 4.98 Å². The van der Waals surface area contributed by atoms with Crippen LogP contribution < -0.4 is 10.6 Å². The highest BCUT2D eigenvalue weighted by Gasteiger charge is 2.23. The number of hydrogen-bond donors (Lipinski definition) is 2. The van der Waals surface area contributed by atoms with Gasteiger partial charge in [0.25, 0.3) is 0 Å². The van der Waals surface area contributed by atoms with Gasteiger partial charge in [0.2, 0.25) is 5.91 Å². The van der Waals surface area contributed by atoms with Gasteiger partial charge in [0, 0.05) is 24.5 Å². The number of aromatic nitrogens is 1. The fourth-order valence-electron chi connectivity index (χ4n) is 2.02. The van der Waals surface area contributed by atoms with E-state index in [0.717, 1.165) is 6.54 Å². The lowest BCUT2D eigenvalue weighted by Crippen LogP contribution is -2.53. The minimum Gasteiger partial charge on any atom is -0.441 e. The number of nitrogens with one attached hydrogen (secondary N) is 2. The number of nitrogens with zero attached hydrogens (tertiary/aromatic N) is 1. The van der Waals surface area contributed by atoms with Crippen molar-refractivity contribution in [3.8, 4) is 0 Å². The molecule has 1 aromatic heterocycles. The molecule has 6 heteroatoms. The topological polar surface area (TPSA) is 67.2 Å². The van der Waals surface area contributed by atoms with Crippen LogP contribution in [0.4, 0.5) is 0 Å². The summed E-state index contributed by atoms with van der Waals surface area (Å²) in [5.41, 5.74) is 1.40. The standard InChI is InChI=1S/C12H12ClN3O2/c13-7-1-2-10-8(5-7)16-11(18-10)6-9-12(17)15-4-3-14-9/h1-2,5,9,14H,3-4,6H2,(H,15,17). The molecule has 94 valence electrons. The van der Waals surface area contributed by atoms with Crippen molar-refractivity contribution >= 4 is 28.6 Å². The molecule has 1 aromatic carbocycles. The van der Waals surface area contributed by atoms with Gasteiger partial charge >= 0.3 is 0 Å². The summed E-state index contributed by atoms with van der Waals surface area (Å²) in [6.07, 6.45) is 0.443. The number of hydrogen-bond acceptors (Lipinski definition) is 4. The quantitative estimate of drug-likeness (QED) is 0.854. The van der Waals surface area contributed by atoms with E-state index in [1.54, 1.807) is 18.2 Å². The maximum absolute atomic E-state index is 11.6. The molecular weight excluding hydrogens is 254 g/mol. The zero-order valence-electron chi connectivity index (χ0n) is 9.57. The molecule has 2 aromatic rings. The number of rotatable bonds is 2. The van der Waals surface area contributed by atoms with E-state index in [4.69, 9.17) is 16.0 Å². The normalized spacial score (nSPS) is 20.1. The largest absolute Gasteiger partial charge is 0.441 e. The average Bonchev–Trinajstić information content (AvgIpc) is 2.73. The molecule has 1 amide bonds. The van der Waals surface area contributed by atoms with Crippen LogP contribution in [-0.2, 0) is 11.2 Å². The molecule has 1 fully saturated rings. The highest BCUT2D eigenvalue weighted by molar-refractivity contribution is 6.31. The molecule has 0 bridgehead atoms. The van der Waals surface area contributed by atoms with E-state index in [1.165, 1.54) is 0 Å². The number of benzene rings is 1.